The zero-order valence-corrected chi connectivity index (χ0v) is 18.0. The summed E-state index contributed by atoms with van der Waals surface area (Å²) in [6.07, 6.45) is 2.64. The number of nitrogens with one attached hydrogen (secondary N) is 1. The number of ether oxygens (including phenoxy) is 1. The molecular formula is C25H27N3O3. The fourth-order valence-electron chi connectivity index (χ4n) is 3.74. The predicted octanol–water partition coefficient (Wildman–Crippen LogP) is 4.12. The molecule has 4 rings (SSSR count). The Bertz CT molecular complexity index is 1140. The fourth-order valence-corrected chi connectivity index (χ4v) is 3.74. The first-order valence-electron chi connectivity index (χ1n) is 10.8. The Hall–Kier alpha value is -3.41. The van der Waals surface area contributed by atoms with E-state index in [4.69, 9.17) is 4.74 Å². The Kier molecular flexibility index (Phi) is 6.16. The lowest BCUT2D eigenvalue weighted by molar-refractivity contribution is 0.0732. The van der Waals surface area contributed by atoms with Crippen LogP contribution in [0.15, 0.2) is 53.3 Å². The van der Waals surface area contributed by atoms with Crippen molar-refractivity contribution in [2.24, 2.45) is 0 Å². The molecule has 0 saturated heterocycles. The number of nitrogens with zero attached hydrogens (tertiary/aromatic N) is 2. The number of rotatable bonds is 6. The van der Waals surface area contributed by atoms with Crippen LogP contribution >= 0.6 is 0 Å². The van der Waals surface area contributed by atoms with Crippen molar-refractivity contribution < 1.29 is 9.53 Å². The summed E-state index contributed by atoms with van der Waals surface area (Å²) in [5, 5.41) is 0. The van der Waals surface area contributed by atoms with Crippen molar-refractivity contribution in [3.05, 3.63) is 81.3 Å². The van der Waals surface area contributed by atoms with E-state index >= 15 is 0 Å². The first kappa shape index (κ1) is 20.8. The van der Waals surface area contributed by atoms with Crippen LogP contribution in [0.1, 0.15) is 46.9 Å². The Labute approximate surface area is 181 Å². The summed E-state index contributed by atoms with van der Waals surface area (Å²) in [6.45, 7) is 5.59. The van der Waals surface area contributed by atoms with Gasteiger partial charge in [-0.15, -0.1) is 0 Å². The van der Waals surface area contributed by atoms with E-state index in [0.29, 0.717) is 36.5 Å². The average molecular weight is 418 g/mol. The van der Waals surface area contributed by atoms with Gasteiger partial charge < -0.3 is 14.6 Å². The summed E-state index contributed by atoms with van der Waals surface area (Å²) in [5.74, 6) is 1.25. The number of unbranched alkanes of at least 4 members (excludes halogenated alkanes) is 1. The first-order valence-corrected chi connectivity index (χ1v) is 10.8. The van der Waals surface area contributed by atoms with Crippen LogP contribution in [0.3, 0.4) is 0 Å². The predicted molar refractivity (Wildman–Crippen MR) is 120 cm³/mol. The molecule has 2 aromatic carbocycles. The molecule has 0 saturated carbocycles. The molecule has 1 N–H and O–H groups in total. The van der Waals surface area contributed by atoms with Gasteiger partial charge in [-0.25, -0.2) is 4.98 Å². The minimum Gasteiger partial charge on any atom is -0.494 e. The van der Waals surface area contributed by atoms with Crippen molar-refractivity contribution in [1.29, 1.82) is 0 Å². The van der Waals surface area contributed by atoms with Gasteiger partial charge in [-0.05, 0) is 43.7 Å². The van der Waals surface area contributed by atoms with E-state index in [9.17, 15) is 9.59 Å². The highest BCUT2D eigenvalue weighted by Gasteiger charge is 2.25. The topological polar surface area (TPSA) is 75.3 Å². The number of carbonyl (C=O) groups excluding carboxylic acids is 1. The van der Waals surface area contributed by atoms with Crippen molar-refractivity contribution in [2.75, 3.05) is 13.2 Å². The number of amides is 1. The van der Waals surface area contributed by atoms with Crippen molar-refractivity contribution in [3.63, 3.8) is 0 Å². The number of aromatic amines is 1. The molecule has 31 heavy (non-hydrogen) atoms. The van der Waals surface area contributed by atoms with E-state index < -0.39 is 0 Å². The molecule has 2 heterocycles. The molecule has 0 unspecified atom stereocenters. The van der Waals surface area contributed by atoms with Gasteiger partial charge in [0.2, 0.25) is 0 Å². The summed E-state index contributed by atoms with van der Waals surface area (Å²) >= 11 is 0. The molecule has 1 aliphatic heterocycles. The molecule has 1 aromatic heterocycles. The van der Waals surface area contributed by atoms with Crippen molar-refractivity contribution >= 4 is 5.91 Å². The molecule has 160 valence electrons. The largest absolute Gasteiger partial charge is 0.494 e. The second-order valence-electron chi connectivity index (χ2n) is 7.91. The van der Waals surface area contributed by atoms with Gasteiger partial charge in [-0.2, -0.15) is 0 Å². The summed E-state index contributed by atoms with van der Waals surface area (Å²) in [4.78, 5) is 35.0. The minimum atomic E-state index is -0.182. The smallest absolute Gasteiger partial charge is 0.256 e. The van der Waals surface area contributed by atoms with Gasteiger partial charge in [0.05, 0.1) is 24.4 Å². The van der Waals surface area contributed by atoms with Gasteiger partial charge in [0.25, 0.3) is 11.5 Å². The van der Waals surface area contributed by atoms with Gasteiger partial charge in [-0.3, -0.25) is 9.59 Å². The average Bonchev–Trinajstić information content (AvgIpc) is 2.79. The van der Waals surface area contributed by atoms with Crippen LogP contribution in [-0.4, -0.2) is 33.9 Å². The lowest BCUT2D eigenvalue weighted by atomic mass is 10.0. The van der Waals surface area contributed by atoms with Gasteiger partial charge in [0, 0.05) is 24.1 Å². The fraction of sp³-hybridized carbons (Fsp3) is 0.320. The Morgan fingerprint density at radius 1 is 1.19 bits per heavy atom. The van der Waals surface area contributed by atoms with Crippen LogP contribution in [0.4, 0.5) is 0 Å². The van der Waals surface area contributed by atoms with Crippen LogP contribution in [0.25, 0.3) is 11.4 Å². The van der Waals surface area contributed by atoms with Crippen LogP contribution in [0.2, 0.25) is 0 Å². The van der Waals surface area contributed by atoms with E-state index in [1.165, 1.54) is 0 Å². The zero-order valence-electron chi connectivity index (χ0n) is 18.0. The highest BCUT2D eigenvalue weighted by Crippen LogP contribution is 2.21. The lowest BCUT2D eigenvalue weighted by Crippen LogP contribution is -2.39. The molecule has 0 radical (unpaired) electrons. The highest BCUT2D eigenvalue weighted by molar-refractivity contribution is 5.94. The molecule has 1 aliphatic rings. The third kappa shape index (κ3) is 4.68. The number of carbonyl (C=O) groups is 1. The molecule has 0 spiro atoms. The maximum absolute atomic E-state index is 13.0. The van der Waals surface area contributed by atoms with Crippen LogP contribution in [0, 0.1) is 6.92 Å². The lowest BCUT2D eigenvalue weighted by Gasteiger charge is -2.28. The van der Waals surface area contributed by atoms with Crippen LogP contribution in [0.5, 0.6) is 5.75 Å². The Balaban J connectivity index is 1.50. The van der Waals surface area contributed by atoms with Gasteiger partial charge in [-0.1, -0.05) is 37.1 Å². The van der Waals surface area contributed by atoms with E-state index in [0.717, 1.165) is 35.4 Å². The monoisotopic (exact) mass is 417 g/mol. The molecule has 1 amide bonds. The second-order valence-corrected chi connectivity index (χ2v) is 7.91. The number of benzene rings is 2. The molecule has 0 fully saturated rings. The normalized spacial score (nSPS) is 13.0. The molecule has 3 aromatic rings. The number of aromatic nitrogens is 2. The Morgan fingerprint density at radius 2 is 2.00 bits per heavy atom. The molecule has 0 atom stereocenters. The summed E-state index contributed by atoms with van der Waals surface area (Å²) in [6, 6.07) is 15.1. The van der Waals surface area contributed by atoms with Crippen molar-refractivity contribution in [2.45, 2.75) is 39.7 Å². The number of hydrogen-bond acceptors (Lipinski definition) is 4. The maximum Gasteiger partial charge on any atom is 0.256 e. The van der Waals surface area contributed by atoms with Crippen molar-refractivity contribution in [1.82, 2.24) is 14.9 Å². The third-order valence-electron chi connectivity index (χ3n) is 5.52. The van der Waals surface area contributed by atoms with Gasteiger partial charge in [0.1, 0.15) is 11.6 Å². The standard InChI is InChI=1S/C25H27N3O3/c1-3-4-14-31-20-10-8-18(9-11-20)25(30)28-13-12-22-21(16-28)24(29)27-23(26-22)19-7-5-6-17(2)15-19/h5-11,15H,3-4,12-14,16H2,1-2H3,(H,26,27,29). The van der Waals surface area contributed by atoms with Gasteiger partial charge in [0.15, 0.2) is 0 Å². The molecular weight excluding hydrogens is 390 g/mol. The molecule has 0 bridgehead atoms. The third-order valence-corrected chi connectivity index (χ3v) is 5.52. The van der Waals surface area contributed by atoms with Crippen LogP contribution < -0.4 is 10.3 Å². The SMILES string of the molecule is CCCCOc1ccc(C(=O)N2CCc3nc(-c4cccc(C)c4)[nH]c(=O)c3C2)cc1. The maximum atomic E-state index is 13.0. The molecule has 0 aliphatic carbocycles. The summed E-state index contributed by atoms with van der Waals surface area (Å²) < 4.78 is 5.67. The highest BCUT2D eigenvalue weighted by atomic mass is 16.5. The number of aryl methyl sites for hydroxylation is 1. The second kappa shape index (κ2) is 9.16. The number of fused-ring (bicyclic) bond motifs is 1. The van der Waals surface area contributed by atoms with Gasteiger partial charge >= 0.3 is 0 Å². The summed E-state index contributed by atoms with van der Waals surface area (Å²) in [5.41, 5.74) is 3.74. The van der Waals surface area contributed by atoms with E-state index in [1.807, 2.05) is 43.3 Å². The summed E-state index contributed by atoms with van der Waals surface area (Å²) in [7, 11) is 0. The quantitative estimate of drug-likeness (QED) is 0.612. The van der Waals surface area contributed by atoms with E-state index in [-0.39, 0.29) is 18.0 Å². The Morgan fingerprint density at radius 3 is 2.74 bits per heavy atom. The van der Waals surface area contributed by atoms with E-state index in [1.54, 1.807) is 17.0 Å². The minimum absolute atomic E-state index is 0.0899. The number of H-pyrrole nitrogens is 1. The number of hydrogen-bond donors (Lipinski definition) is 1. The van der Waals surface area contributed by atoms with Crippen molar-refractivity contribution in [3.8, 4) is 17.1 Å². The molecule has 6 heteroatoms. The molecule has 6 nitrogen and oxygen atoms in total. The van der Waals surface area contributed by atoms with Crippen LogP contribution in [-0.2, 0) is 13.0 Å². The van der Waals surface area contributed by atoms with E-state index in [2.05, 4.69) is 16.9 Å². The zero-order chi connectivity index (χ0) is 21.8. The first-order chi connectivity index (χ1) is 15.0.